The molecule has 90 valence electrons. The molecule has 1 heterocycles. The van der Waals surface area contributed by atoms with E-state index in [1.807, 2.05) is 0 Å². The Bertz CT molecular complexity index is 574. The van der Waals surface area contributed by atoms with Crippen LogP contribution in [0.15, 0.2) is 24.4 Å². The summed E-state index contributed by atoms with van der Waals surface area (Å²) in [4.78, 5) is 10.7. The van der Waals surface area contributed by atoms with E-state index in [1.165, 1.54) is 24.4 Å². The van der Waals surface area contributed by atoms with Gasteiger partial charge in [0.2, 0.25) is 0 Å². The average Bonchev–Trinajstić information content (AvgIpc) is 2.58. The lowest BCUT2D eigenvalue weighted by molar-refractivity contribution is -0.141. The van der Waals surface area contributed by atoms with E-state index in [2.05, 4.69) is 5.10 Å². The van der Waals surface area contributed by atoms with E-state index in [1.54, 1.807) is 0 Å². The van der Waals surface area contributed by atoms with Gasteiger partial charge in [-0.3, -0.25) is 4.68 Å². The number of nitrogens with zero attached hydrogens (tertiary/aromatic N) is 2. The minimum absolute atomic E-state index is 0.0176. The number of halogens is 3. The highest BCUT2D eigenvalue weighted by Gasteiger charge is 2.29. The van der Waals surface area contributed by atoms with Gasteiger partial charge in [-0.05, 0) is 18.2 Å². The van der Waals surface area contributed by atoms with Gasteiger partial charge in [0, 0.05) is 5.39 Å². The smallest absolute Gasteiger partial charge is 0.408 e. The number of hydrogen-bond donors (Lipinski definition) is 1. The molecule has 2 aromatic rings. The van der Waals surface area contributed by atoms with Crippen LogP contribution in [0, 0.1) is 0 Å². The van der Waals surface area contributed by atoms with Crippen LogP contribution in [0.4, 0.5) is 13.2 Å². The standard InChI is InChI=1S/C10H7F3N2O2/c11-10(12,13)5-15-8-2-1-6(9(16)17)3-7(8)4-14-15/h1-4H,5H2,(H,16,17). The Kier molecular flexibility index (Phi) is 2.53. The molecule has 0 atom stereocenters. The van der Waals surface area contributed by atoms with Crippen molar-refractivity contribution in [3.8, 4) is 0 Å². The lowest BCUT2D eigenvalue weighted by Gasteiger charge is -2.07. The van der Waals surface area contributed by atoms with E-state index in [-0.39, 0.29) is 11.1 Å². The molecule has 0 amide bonds. The summed E-state index contributed by atoms with van der Waals surface area (Å²) in [5.74, 6) is -1.13. The molecule has 0 saturated heterocycles. The molecular formula is C10H7F3N2O2. The number of alkyl halides is 3. The van der Waals surface area contributed by atoms with Crippen molar-refractivity contribution in [3.05, 3.63) is 30.0 Å². The second-order valence-electron chi connectivity index (χ2n) is 3.50. The van der Waals surface area contributed by atoms with Gasteiger partial charge in [0.1, 0.15) is 6.54 Å². The quantitative estimate of drug-likeness (QED) is 0.881. The maximum Gasteiger partial charge on any atom is 0.408 e. The van der Waals surface area contributed by atoms with Crippen molar-refractivity contribution in [1.82, 2.24) is 9.78 Å². The average molecular weight is 244 g/mol. The minimum atomic E-state index is -4.36. The molecule has 0 aliphatic carbocycles. The van der Waals surface area contributed by atoms with Gasteiger partial charge in [0.15, 0.2) is 0 Å². The summed E-state index contributed by atoms with van der Waals surface area (Å²) < 4.78 is 37.4. The first-order valence-corrected chi connectivity index (χ1v) is 4.62. The fourth-order valence-corrected chi connectivity index (χ4v) is 1.52. The van der Waals surface area contributed by atoms with Crippen LogP contribution in [0.1, 0.15) is 10.4 Å². The molecule has 0 unspecified atom stereocenters. The van der Waals surface area contributed by atoms with Gasteiger partial charge in [-0.25, -0.2) is 4.79 Å². The summed E-state index contributed by atoms with van der Waals surface area (Å²) in [7, 11) is 0. The molecule has 0 spiro atoms. The summed E-state index contributed by atoms with van der Waals surface area (Å²) in [6.07, 6.45) is -3.14. The Morgan fingerprint density at radius 1 is 1.41 bits per heavy atom. The predicted octanol–water partition coefficient (Wildman–Crippen LogP) is 2.30. The first-order chi connectivity index (χ1) is 7.87. The van der Waals surface area contributed by atoms with Crippen LogP contribution < -0.4 is 0 Å². The number of benzene rings is 1. The van der Waals surface area contributed by atoms with Gasteiger partial charge in [-0.1, -0.05) is 0 Å². The van der Waals surface area contributed by atoms with Crippen molar-refractivity contribution in [2.24, 2.45) is 0 Å². The molecule has 0 aliphatic heterocycles. The topological polar surface area (TPSA) is 55.1 Å². The highest BCUT2D eigenvalue weighted by atomic mass is 19.4. The molecule has 0 radical (unpaired) electrons. The number of carboxylic acids is 1. The first kappa shape index (κ1) is 11.4. The van der Waals surface area contributed by atoms with E-state index in [4.69, 9.17) is 5.11 Å². The van der Waals surface area contributed by atoms with Crippen molar-refractivity contribution >= 4 is 16.9 Å². The highest BCUT2D eigenvalue weighted by molar-refractivity contribution is 5.93. The Morgan fingerprint density at radius 3 is 2.71 bits per heavy atom. The highest BCUT2D eigenvalue weighted by Crippen LogP contribution is 2.21. The van der Waals surface area contributed by atoms with Gasteiger partial charge >= 0.3 is 12.1 Å². The van der Waals surface area contributed by atoms with E-state index < -0.39 is 18.7 Å². The summed E-state index contributed by atoms with van der Waals surface area (Å²) in [5.41, 5.74) is 0.274. The Morgan fingerprint density at radius 2 is 2.12 bits per heavy atom. The summed E-state index contributed by atoms with van der Waals surface area (Å²) in [6, 6.07) is 3.86. The molecule has 17 heavy (non-hydrogen) atoms. The normalized spacial score (nSPS) is 11.9. The number of carboxylic acid groups (broad SMARTS) is 1. The zero-order chi connectivity index (χ0) is 12.6. The largest absolute Gasteiger partial charge is 0.478 e. The van der Waals surface area contributed by atoms with Crippen molar-refractivity contribution in [3.63, 3.8) is 0 Å². The van der Waals surface area contributed by atoms with Crippen LogP contribution in [-0.2, 0) is 6.54 Å². The van der Waals surface area contributed by atoms with E-state index in [0.29, 0.717) is 5.39 Å². The molecular weight excluding hydrogens is 237 g/mol. The third kappa shape index (κ3) is 2.38. The number of carbonyl (C=O) groups is 1. The number of rotatable bonds is 2. The minimum Gasteiger partial charge on any atom is -0.478 e. The summed E-state index contributed by atoms with van der Waals surface area (Å²) >= 11 is 0. The molecule has 1 aromatic heterocycles. The monoisotopic (exact) mass is 244 g/mol. The summed E-state index contributed by atoms with van der Waals surface area (Å²) in [5, 5.41) is 12.7. The van der Waals surface area contributed by atoms with Crippen LogP contribution in [0.5, 0.6) is 0 Å². The number of aromatic carboxylic acids is 1. The maximum absolute atomic E-state index is 12.2. The molecule has 2 rings (SSSR count). The van der Waals surface area contributed by atoms with Crippen molar-refractivity contribution < 1.29 is 23.1 Å². The zero-order valence-corrected chi connectivity index (χ0v) is 8.40. The van der Waals surface area contributed by atoms with Crippen molar-refractivity contribution in [1.29, 1.82) is 0 Å². The van der Waals surface area contributed by atoms with Gasteiger partial charge in [0.05, 0.1) is 17.3 Å². The molecule has 1 aromatic carbocycles. The molecule has 0 aliphatic rings. The van der Waals surface area contributed by atoms with E-state index in [9.17, 15) is 18.0 Å². The zero-order valence-electron chi connectivity index (χ0n) is 8.40. The van der Waals surface area contributed by atoms with Crippen LogP contribution in [0.3, 0.4) is 0 Å². The molecule has 4 nitrogen and oxygen atoms in total. The predicted molar refractivity (Wildman–Crippen MR) is 52.7 cm³/mol. The third-order valence-corrected chi connectivity index (χ3v) is 2.22. The molecule has 7 heteroatoms. The SMILES string of the molecule is O=C(O)c1ccc2c(cnn2CC(F)(F)F)c1. The fraction of sp³-hybridized carbons (Fsp3) is 0.200. The second kappa shape index (κ2) is 3.76. The summed E-state index contributed by atoms with van der Waals surface area (Å²) in [6.45, 7) is -1.19. The van der Waals surface area contributed by atoms with Gasteiger partial charge in [0.25, 0.3) is 0 Å². The third-order valence-electron chi connectivity index (χ3n) is 2.22. The number of aromatic nitrogens is 2. The Balaban J connectivity index is 2.45. The first-order valence-electron chi connectivity index (χ1n) is 4.62. The fourth-order valence-electron chi connectivity index (χ4n) is 1.52. The van der Waals surface area contributed by atoms with E-state index >= 15 is 0 Å². The number of hydrogen-bond acceptors (Lipinski definition) is 2. The molecule has 0 saturated carbocycles. The van der Waals surface area contributed by atoms with Gasteiger partial charge in [-0.2, -0.15) is 18.3 Å². The van der Waals surface area contributed by atoms with E-state index in [0.717, 1.165) is 4.68 Å². The van der Waals surface area contributed by atoms with Crippen molar-refractivity contribution in [2.75, 3.05) is 0 Å². The Labute approximate surface area is 93.3 Å². The number of fused-ring (bicyclic) bond motifs is 1. The van der Waals surface area contributed by atoms with Crippen LogP contribution in [0.25, 0.3) is 10.9 Å². The van der Waals surface area contributed by atoms with Crippen LogP contribution >= 0.6 is 0 Å². The lowest BCUT2D eigenvalue weighted by atomic mass is 10.1. The van der Waals surface area contributed by atoms with Gasteiger partial charge < -0.3 is 5.11 Å². The second-order valence-corrected chi connectivity index (χ2v) is 3.50. The molecule has 0 bridgehead atoms. The van der Waals surface area contributed by atoms with Crippen LogP contribution in [-0.4, -0.2) is 27.0 Å². The maximum atomic E-state index is 12.2. The molecule has 1 N–H and O–H groups in total. The Hall–Kier alpha value is -2.05. The molecule has 0 fully saturated rings. The lowest BCUT2D eigenvalue weighted by Crippen LogP contribution is -2.18. The van der Waals surface area contributed by atoms with Crippen molar-refractivity contribution in [2.45, 2.75) is 12.7 Å². The van der Waals surface area contributed by atoms with Crippen LogP contribution in [0.2, 0.25) is 0 Å². The van der Waals surface area contributed by atoms with Gasteiger partial charge in [-0.15, -0.1) is 0 Å².